The summed E-state index contributed by atoms with van der Waals surface area (Å²) in [6, 6.07) is 5.90. The normalized spacial score (nSPS) is 17.6. The number of ether oxygens (including phenoxy) is 3. The summed E-state index contributed by atoms with van der Waals surface area (Å²) in [5.74, 6) is 7.16. The zero-order chi connectivity index (χ0) is 14.2. The van der Waals surface area contributed by atoms with Gasteiger partial charge in [-0.05, 0) is 24.1 Å². The molecule has 108 valence electrons. The highest BCUT2D eigenvalue weighted by Gasteiger charge is 2.15. The molecule has 0 radical (unpaired) electrons. The largest absolute Gasteiger partial charge is 0.495 e. The van der Waals surface area contributed by atoms with Crippen molar-refractivity contribution in [2.45, 2.75) is 13.0 Å². The van der Waals surface area contributed by atoms with E-state index in [-0.39, 0.29) is 0 Å². The van der Waals surface area contributed by atoms with Crippen molar-refractivity contribution in [2.75, 3.05) is 33.5 Å². The van der Waals surface area contributed by atoms with E-state index < -0.39 is 0 Å². The Kier molecular flexibility index (Phi) is 5.87. The average molecular weight is 275 g/mol. The summed E-state index contributed by atoms with van der Waals surface area (Å²) in [6.07, 6.45) is 1.09. The molecule has 0 saturated carbocycles. The Morgan fingerprint density at radius 2 is 2.35 bits per heavy atom. The van der Waals surface area contributed by atoms with Crippen LogP contribution in [0.5, 0.6) is 5.75 Å². The minimum atomic E-state index is 0.339. The van der Waals surface area contributed by atoms with Crippen LogP contribution in [0.1, 0.15) is 17.5 Å². The molecule has 20 heavy (non-hydrogen) atoms. The van der Waals surface area contributed by atoms with Crippen molar-refractivity contribution in [1.29, 1.82) is 0 Å². The van der Waals surface area contributed by atoms with Crippen LogP contribution in [0.3, 0.4) is 0 Å². The lowest BCUT2D eigenvalue weighted by Gasteiger charge is -2.10. The predicted molar refractivity (Wildman–Crippen MR) is 77.5 cm³/mol. The molecule has 1 heterocycles. The summed E-state index contributed by atoms with van der Waals surface area (Å²) in [4.78, 5) is 0. The van der Waals surface area contributed by atoms with E-state index in [9.17, 15) is 0 Å². The molecule has 1 fully saturated rings. The van der Waals surface area contributed by atoms with E-state index in [1.54, 1.807) is 7.11 Å². The minimum Gasteiger partial charge on any atom is -0.495 e. The Morgan fingerprint density at radius 3 is 3.05 bits per heavy atom. The molecule has 0 aliphatic carbocycles. The Morgan fingerprint density at radius 1 is 1.45 bits per heavy atom. The van der Waals surface area contributed by atoms with Crippen LogP contribution in [-0.4, -0.2) is 33.5 Å². The van der Waals surface area contributed by atoms with Gasteiger partial charge in [0.15, 0.2) is 0 Å². The zero-order valence-electron chi connectivity index (χ0n) is 11.9. The molecule has 2 N–H and O–H groups in total. The van der Waals surface area contributed by atoms with Crippen LogP contribution in [-0.2, 0) is 16.1 Å². The number of nitrogens with two attached hydrogens (primary N) is 1. The highest BCUT2D eigenvalue weighted by molar-refractivity contribution is 5.48. The fourth-order valence-corrected chi connectivity index (χ4v) is 2.15. The van der Waals surface area contributed by atoms with Crippen LogP contribution in [0, 0.1) is 17.8 Å². The van der Waals surface area contributed by atoms with Gasteiger partial charge in [-0.15, -0.1) is 0 Å². The van der Waals surface area contributed by atoms with Gasteiger partial charge in [0.2, 0.25) is 0 Å². The fourth-order valence-electron chi connectivity index (χ4n) is 2.15. The molecule has 1 aromatic rings. The maximum atomic E-state index is 5.74. The zero-order valence-corrected chi connectivity index (χ0v) is 11.9. The van der Waals surface area contributed by atoms with Crippen molar-refractivity contribution in [3.63, 3.8) is 0 Å². The van der Waals surface area contributed by atoms with Crippen molar-refractivity contribution < 1.29 is 14.2 Å². The van der Waals surface area contributed by atoms with E-state index in [0.29, 0.717) is 19.1 Å². The first-order valence-electron chi connectivity index (χ1n) is 6.85. The molecule has 0 aromatic heterocycles. The van der Waals surface area contributed by atoms with Crippen molar-refractivity contribution in [1.82, 2.24) is 0 Å². The second-order valence-electron chi connectivity index (χ2n) is 4.79. The first-order chi connectivity index (χ1) is 9.83. The van der Waals surface area contributed by atoms with Crippen LogP contribution in [0.2, 0.25) is 0 Å². The van der Waals surface area contributed by atoms with Gasteiger partial charge in [-0.2, -0.15) is 0 Å². The van der Waals surface area contributed by atoms with Crippen molar-refractivity contribution in [3.05, 3.63) is 29.3 Å². The van der Waals surface area contributed by atoms with Crippen LogP contribution in [0.15, 0.2) is 18.2 Å². The number of hydrogen-bond acceptors (Lipinski definition) is 4. The molecule has 2 rings (SSSR count). The fraction of sp³-hybridized carbons (Fsp3) is 0.500. The molecular formula is C16H21NO3. The monoisotopic (exact) mass is 275 g/mol. The number of benzene rings is 1. The smallest absolute Gasteiger partial charge is 0.134 e. The lowest BCUT2D eigenvalue weighted by molar-refractivity contribution is 0.0791. The molecule has 1 aliphatic rings. The second kappa shape index (κ2) is 7.91. The third kappa shape index (κ3) is 4.24. The molecule has 1 aliphatic heterocycles. The first-order valence-corrected chi connectivity index (χ1v) is 6.85. The third-order valence-corrected chi connectivity index (χ3v) is 3.24. The molecule has 4 heteroatoms. The molecule has 1 aromatic carbocycles. The summed E-state index contributed by atoms with van der Waals surface area (Å²) in [5.41, 5.74) is 7.34. The van der Waals surface area contributed by atoms with Gasteiger partial charge in [0, 0.05) is 12.5 Å². The van der Waals surface area contributed by atoms with E-state index in [1.165, 1.54) is 0 Å². The first kappa shape index (κ1) is 14.9. The summed E-state index contributed by atoms with van der Waals surface area (Å²) in [7, 11) is 1.64. The standard InChI is InChI=1S/C16H21NO3/c1-18-16-5-4-13(9-15(16)3-2-7-17)10-20-12-14-6-8-19-11-14/h4-5,9,14H,6-8,10-12,17H2,1H3. The molecule has 0 amide bonds. The Hall–Kier alpha value is -1.54. The molecule has 0 bridgehead atoms. The van der Waals surface area contributed by atoms with Gasteiger partial charge in [0.1, 0.15) is 5.75 Å². The SMILES string of the molecule is COc1ccc(COCC2CCOC2)cc1C#CCN. The molecule has 1 unspecified atom stereocenters. The Bertz CT molecular complexity index is 484. The maximum absolute atomic E-state index is 5.74. The molecule has 1 atom stereocenters. The molecule has 0 spiro atoms. The van der Waals surface area contributed by atoms with Crippen molar-refractivity contribution in [2.24, 2.45) is 11.7 Å². The minimum absolute atomic E-state index is 0.339. The summed E-state index contributed by atoms with van der Waals surface area (Å²) in [6.45, 7) is 3.34. The van der Waals surface area contributed by atoms with Gasteiger partial charge in [-0.25, -0.2) is 0 Å². The lowest BCUT2D eigenvalue weighted by Crippen LogP contribution is -2.09. The van der Waals surface area contributed by atoms with Crippen molar-refractivity contribution >= 4 is 0 Å². The van der Waals surface area contributed by atoms with Crippen LogP contribution in [0.4, 0.5) is 0 Å². The Labute approximate surface area is 120 Å². The van der Waals surface area contributed by atoms with Gasteiger partial charge in [0.05, 0.1) is 39.0 Å². The quantitative estimate of drug-likeness (QED) is 0.829. The molecular weight excluding hydrogens is 254 g/mol. The van der Waals surface area contributed by atoms with Crippen molar-refractivity contribution in [3.8, 4) is 17.6 Å². The summed E-state index contributed by atoms with van der Waals surface area (Å²) in [5, 5.41) is 0. The second-order valence-corrected chi connectivity index (χ2v) is 4.79. The van der Waals surface area contributed by atoms with E-state index in [0.717, 1.165) is 43.1 Å². The maximum Gasteiger partial charge on any atom is 0.134 e. The Balaban J connectivity index is 1.93. The van der Waals surface area contributed by atoms with E-state index >= 15 is 0 Å². The van der Waals surface area contributed by atoms with Gasteiger partial charge >= 0.3 is 0 Å². The van der Waals surface area contributed by atoms with Gasteiger partial charge in [-0.1, -0.05) is 17.9 Å². The highest BCUT2D eigenvalue weighted by Crippen LogP contribution is 2.20. The summed E-state index contributed by atoms with van der Waals surface area (Å²) >= 11 is 0. The van der Waals surface area contributed by atoms with Crippen LogP contribution < -0.4 is 10.5 Å². The third-order valence-electron chi connectivity index (χ3n) is 3.24. The highest BCUT2D eigenvalue weighted by atomic mass is 16.5. The summed E-state index contributed by atoms with van der Waals surface area (Å²) < 4.78 is 16.4. The predicted octanol–water partition coefficient (Wildman–Crippen LogP) is 1.56. The van der Waals surface area contributed by atoms with Gasteiger partial charge < -0.3 is 19.9 Å². The number of hydrogen-bond donors (Lipinski definition) is 1. The molecule has 1 saturated heterocycles. The average Bonchev–Trinajstić information content (AvgIpc) is 2.98. The van der Waals surface area contributed by atoms with Crippen LogP contribution >= 0.6 is 0 Å². The van der Waals surface area contributed by atoms with Gasteiger partial charge in [-0.3, -0.25) is 0 Å². The number of methoxy groups -OCH3 is 1. The van der Waals surface area contributed by atoms with Gasteiger partial charge in [0.25, 0.3) is 0 Å². The topological polar surface area (TPSA) is 53.7 Å². The van der Waals surface area contributed by atoms with Crippen LogP contribution in [0.25, 0.3) is 0 Å². The van der Waals surface area contributed by atoms with E-state index in [4.69, 9.17) is 19.9 Å². The molecule has 4 nitrogen and oxygen atoms in total. The van der Waals surface area contributed by atoms with E-state index in [1.807, 2.05) is 18.2 Å². The number of rotatable bonds is 5. The lowest BCUT2D eigenvalue weighted by atomic mass is 10.1. The van der Waals surface area contributed by atoms with E-state index in [2.05, 4.69) is 11.8 Å².